The third-order valence-electron chi connectivity index (χ3n) is 2.85. The average molecular weight is 211 g/mol. The minimum atomic E-state index is -0.0537. The largest absolute Gasteiger partial charge is 0.351 e. The second-order valence-corrected chi connectivity index (χ2v) is 4.00. The molecule has 15 heavy (non-hydrogen) atoms. The summed E-state index contributed by atoms with van der Waals surface area (Å²) in [6, 6.07) is 0.366. The zero-order valence-electron chi connectivity index (χ0n) is 9.62. The van der Waals surface area contributed by atoms with Crippen LogP contribution in [0.15, 0.2) is 12.7 Å². The fourth-order valence-corrected chi connectivity index (χ4v) is 1.90. The molecule has 2 unspecified atom stereocenters. The van der Waals surface area contributed by atoms with Gasteiger partial charge >= 0.3 is 0 Å². The average Bonchev–Trinajstić information content (AvgIpc) is 2.25. The van der Waals surface area contributed by atoms with Crippen LogP contribution in [0.5, 0.6) is 0 Å². The topological polar surface area (TPSA) is 44.4 Å². The van der Waals surface area contributed by atoms with Crippen molar-refractivity contribution >= 4 is 5.91 Å². The fraction of sp³-hybridized carbons (Fsp3) is 0.727. The summed E-state index contributed by atoms with van der Waals surface area (Å²) in [5.41, 5.74) is 0. The molecule has 1 saturated heterocycles. The van der Waals surface area contributed by atoms with Gasteiger partial charge in [0, 0.05) is 32.2 Å². The van der Waals surface area contributed by atoms with Crippen LogP contribution in [0.2, 0.25) is 0 Å². The first kappa shape index (κ1) is 12.2. The Bertz CT molecular complexity index is 230. The zero-order chi connectivity index (χ0) is 11.3. The summed E-state index contributed by atoms with van der Waals surface area (Å²) in [6.07, 6.45) is 1.70. The first-order chi connectivity index (χ1) is 7.16. The zero-order valence-corrected chi connectivity index (χ0v) is 9.62. The van der Waals surface area contributed by atoms with E-state index in [2.05, 4.69) is 29.0 Å². The van der Waals surface area contributed by atoms with Gasteiger partial charge in [-0.3, -0.25) is 9.69 Å². The lowest BCUT2D eigenvalue weighted by molar-refractivity contribution is -0.126. The van der Waals surface area contributed by atoms with Crippen molar-refractivity contribution in [3.05, 3.63) is 12.7 Å². The van der Waals surface area contributed by atoms with Crippen LogP contribution in [0.1, 0.15) is 13.8 Å². The molecular formula is C11H21N3O. The fourth-order valence-electron chi connectivity index (χ4n) is 1.90. The van der Waals surface area contributed by atoms with E-state index in [1.54, 1.807) is 6.08 Å². The second kappa shape index (κ2) is 5.88. The summed E-state index contributed by atoms with van der Waals surface area (Å²) < 4.78 is 0. The maximum Gasteiger partial charge on any atom is 0.237 e. The maximum absolute atomic E-state index is 11.7. The maximum atomic E-state index is 11.7. The van der Waals surface area contributed by atoms with Gasteiger partial charge in [-0.25, -0.2) is 0 Å². The number of carbonyl (C=O) groups is 1. The van der Waals surface area contributed by atoms with Crippen LogP contribution in [0, 0.1) is 0 Å². The minimum Gasteiger partial charge on any atom is -0.351 e. The van der Waals surface area contributed by atoms with Crippen LogP contribution >= 0.6 is 0 Å². The first-order valence-corrected chi connectivity index (χ1v) is 5.52. The van der Waals surface area contributed by atoms with Crippen molar-refractivity contribution in [3.63, 3.8) is 0 Å². The highest BCUT2D eigenvalue weighted by atomic mass is 16.2. The predicted molar refractivity (Wildman–Crippen MR) is 61.7 cm³/mol. The highest BCUT2D eigenvalue weighted by molar-refractivity contribution is 5.81. The first-order valence-electron chi connectivity index (χ1n) is 5.52. The van der Waals surface area contributed by atoms with Crippen LogP contribution in [-0.2, 0) is 4.79 Å². The summed E-state index contributed by atoms with van der Waals surface area (Å²) >= 11 is 0. The third-order valence-corrected chi connectivity index (χ3v) is 2.85. The lowest BCUT2D eigenvalue weighted by atomic mass is 10.1. The van der Waals surface area contributed by atoms with Gasteiger partial charge in [0.15, 0.2) is 0 Å². The Hall–Kier alpha value is -0.870. The number of hydrogen-bond acceptors (Lipinski definition) is 3. The molecule has 0 aliphatic carbocycles. The molecule has 0 bridgehead atoms. The van der Waals surface area contributed by atoms with E-state index in [0.29, 0.717) is 12.6 Å². The second-order valence-electron chi connectivity index (χ2n) is 4.00. The van der Waals surface area contributed by atoms with Gasteiger partial charge in [0.2, 0.25) is 5.91 Å². The number of rotatable bonds is 4. The van der Waals surface area contributed by atoms with E-state index in [1.165, 1.54) is 0 Å². The highest BCUT2D eigenvalue weighted by Gasteiger charge is 2.26. The number of carbonyl (C=O) groups excluding carboxylic acids is 1. The molecule has 2 atom stereocenters. The van der Waals surface area contributed by atoms with Gasteiger partial charge in [0.1, 0.15) is 0 Å². The Morgan fingerprint density at radius 2 is 2.53 bits per heavy atom. The molecule has 0 saturated carbocycles. The SMILES string of the molecule is C=CCNC(=O)C(C)N1CCNCC1C. The molecule has 1 aliphatic rings. The Morgan fingerprint density at radius 1 is 1.80 bits per heavy atom. The molecule has 1 heterocycles. The van der Waals surface area contributed by atoms with Gasteiger partial charge in [-0.05, 0) is 13.8 Å². The molecule has 1 rings (SSSR count). The summed E-state index contributed by atoms with van der Waals surface area (Å²) in [6.45, 7) is 11.1. The predicted octanol–water partition coefficient (Wildman–Crippen LogP) is -0.0292. The Kier molecular flexibility index (Phi) is 4.78. The summed E-state index contributed by atoms with van der Waals surface area (Å²) in [5.74, 6) is 0.0867. The standard InChI is InChI=1S/C11H21N3O/c1-4-5-13-11(15)10(3)14-7-6-12-8-9(14)2/h4,9-10,12H,1,5-8H2,2-3H3,(H,13,15). The number of hydrogen-bond donors (Lipinski definition) is 2. The quantitative estimate of drug-likeness (QED) is 0.642. The van der Waals surface area contributed by atoms with E-state index in [-0.39, 0.29) is 11.9 Å². The highest BCUT2D eigenvalue weighted by Crippen LogP contribution is 2.07. The summed E-state index contributed by atoms with van der Waals surface area (Å²) in [7, 11) is 0. The lowest BCUT2D eigenvalue weighted by Gasteiger charge is -2.37. The number of amides is 1. The van der Waals surface area contributed by atoms with E-state index >= 15 is 0 Å². The van der Waals surface area contributed by atoms with E-state index in [1.807, 2.05) is 6.92 Å². The molecular weight excluding hydrogens is 190 g/mol. The molecule has 0 aromatic carbocycles. The molecule has 4 heteroatoms. The number of nitrogens with one attached hydrogen (secondary N) is 2. The van der Waals surface area contributed by atoms with E-state index in [4.69, 9.17) is 0 Å². The van der Waals surface area contributed by atoms with Gasteiger partial charge in [0.05, 0.1) is 6.04 Å². The van der Waals surface area contributed by atoms with Crippen LogP contribution in [0.25, 0.3) is 0 Å². The van der Waals surface area contributed by atoms with Crippen molar-refractivity contribution in [3.8, 4) is 0 Å². The van der Waals surface area contributed by atoms with Gasteiger partial charge < -0.3 is 10.6 Å². The van der Waals surface area contributed by atoms with Crippen molar-refractivity contribution in [1.82, 2.24) is 15.5 Å². The molecule has 1 fully saturated rings. The van der Waals surface area contributed by atoms with E-state index in [0.717, 1.165) is 19.6 Å². The molecule has 0 spiro atoms. The molecule has 0 aromatic heterocycles. The van der Waals surface area contributed by atoms with Gasteiger partial charge in [0.25, 0.3) is 0 Å². The Balaban J connectivity index is 2.46. The third kappa shape index (κ3) is 3.32. The molecule has 1 aliphatic heterocycles. The summed E-state index contributed by atoms with van der Waals surface area (Å²) in [4.78, 5) is 14.0. The Morgan fingerprint density at radius 3 is 3.13 bits per heavy atom. The number of nitrogens with zero attached hydrogens (tertiary/aromatic N) is 1. The summed E-state index contributed by atoms with van der Waals surface area (Å²) in [5, 5.41) is 6.14. The van der Waals surface area contributed by atoms with E-state index < -0.39 is 0 Å². The molecule has 86 valence electrons. The molecule has 2 N–H and O–H groups in total. The van der Waals surface area contributed by atoms with Crippen molar-refractivity contribution in [2.45, 2.75) is 25.9 Å². The molecule has 0 aromatic rings. The van der Waals surface area contributed by atoms with E-state index in [9.17, 15) is 4.79 Å². The molecule has 0 radical (unpaired) electrons. The number of piperazine rings is 1. The smallest absolute Gasteiger partial charge is 0.237 e. The van der Waals surface area contributed by atoms with Gasteiger partial charge in [-0.1, -0.05) is 6.08 Å². The van der Waals surface area contributed by atoms with Crippen molar-refractivity contribution < 1.29 is 4.79 Å². The van der Waals surface area contributed by atoms with Crippen LogP contribution in [-0.4, -0.2) is 49.1 Å². The van der Waals surface area contributed by atoms with Crippen LogP contribution < -0.4 is 10.6 Å². The van der Waals surface area contributed by atoms with Crippen molar-refractivity contribution in [2.24, 2.45) is 0 Å². The monoisotopic (exact) mass is 211 g/mol. The molecule has 1 amide bonds. The van der Waals surface area contributed by atoms with Crippen molar-refractivity contribution in [2.75, 3.05) is 26.2 Å². The minimum absolute atomic E-state index is 0.0537. The van der Waals surface area contributed by atoms with Crippen molar-refractivity contribution in [1.29, 1.82) is 0 Å². The van der Waals surface area contributed by atoms with Gasteiger partial charge in [-0.2, -0.15) is 0 Å². The Labute approximate surface area is 91.7 Å². The van der Waals surface area contributed by atoms with Crippen LogP contribution in [0.3, 0.4) is 0 Å². The van der Waals surface area contributed by atoms with Crippen LogP contribution in [0.4, 0.5) is 0 Å². The van der Waals surface area contributed by atoms with Gasteiger partial charge in [-0.15, -0.1) is 6.58 Å². The normalized spacial score (nSPS) is 24.5. The molecule has 4 nitrogen and oxygen atoms in total. The lowest BCUT2D eigenvalue weighted by Crippen LogP contribution is -2.57.